The van der Waals surface area contributed by atoms with Crippen molar-refractivity contribution in [2.75, 3.05) is 11.9 Å². The molecule has 0 saturated heterocycles. The Bertz CT molecular complexity index is 556. The van der Waals surface area contributed by atoms with E-state index in [9.17, 15) is 0 Å². The maximum absolute atomic E-state index is 4.61. The molecule has 0 unspecified atom stereocenters. The Hall–Kier alpha value is -0.210. The lowest BCUT2D eigenvalue weighted by Crippen LogP contribution is -2.07. The van der Waals surface area contributed by atoms with Gasteiger partial charge in [-0.15, -0.1) is 11.3 Å². The molecule has 0 aliphatic heterocycles. The number of hydrogen-bond donors (Lipinski definition) is 1. The van der Waals surface area contributed by atoms with Crippen LogP contribution in [-0.2, 0) is 0 Å². The van der Waals surface area contributed by atoms with Gasteiger partial charge in [0.25, 0.3) is 0 Å². The zero-order valence-electron chi connectivity index (χ0n) is 10.1. The summed E-state index contributed by atoms with van der Waals surface area (Å²) >= 11 is 7.41. The second-order valence-corrected chi connectivity index (χ2v) is 7.37. The summed E-state index contributed by atoms with van der Waals surface area (Å²) in [6, 6.07) is 4.07. The molecule has 0 aromatic carbocycles. The summed E-state index contributed by atoms with van der Waals surface area (Å²) in [6.07, 6.45) is 1.08. The number of anilines is 1. The highest BCUT2D eigenvalue weighted by atomic mass is 127. The third-order valence-electron chi connectivity index (χ3n) is 2.35. The summed E-state index contributed by atoms with van der Waals surface area (Å²) in [6.45, 7) is 5.10. The van der Waals surface area contributed by atoms with Crippen LogP contribution in [0.2, 0.25) is 0 Å². The second-order valence-electron chi connectivity index (χ2n) is 3.83. The van der Waals surface area contributed by atoms with E-state index in [-0.39, 0.29) is 0 Å². The van der Waals surface area contributed by atoms with Crippen molar-refractivity contribution in [2.45, 2.75) is 20.3 Å². The minimum Gasteiger partial charge on any atom is -0.369 e. The molecule has 2 rings (SSSR count). The van der Waals surface area contributed by atoms with Crippen molar-refractivity contribution in [1.29, 1.82) is 0 Å². The van der Waals surface area contributed by atoms with Crippen LogP contribution < -0.4 is 5.32 Å². The molecule has 1 N–H and O–H groups in total. The van der Waals surface area contributed by atoms with Crippen molar-refractivity contribution in [2.24, 2.45) is 0 Å². The van der Waals surface area contributed by atoms with Gasteiger partial charge in [-0.3, -0.25) is 0 Å². The molecule has 2 aromatic rings. The molecule has 96 valence electrons. The van der Waals surface area contributed by atoms with Gasteiger partial charge >= 0.3 is 0 Å². The second kappa shape index (κ2) is 6.29. The molecular formula is C12H13BrIN3S. The number of halogens is 2. The fourth-order valence-corrected chi connectivity index (χ4v) is 3.22. The number of nitrogens with zero attached hydrogens (tertiary/aromatic N) is 2. The molecule has 18 heavy (non-hydrogen) atoms. The van der Waals surface area contributed by atoms with Crippen LogP contribution in [0.1, 0.15) is 19.0 Å². The Labute approximate surface area is 133 Å². The molecular weight excluding hydrogens is 425 g/mol. The standard InChI is InChI=1S/C12H13BrIN3S/c1-3-6-15-12-10(14)7(2)16-11(17-12)8-4-5-9(13)18-8/h4-5H,3,6H2,1-2H3,(H,15,16,17). The van der Waals surface area contributed by atoms with Crippen LogP contribution in [0.5, 0.6) is 0 Å². The van der Waals surface area contributed by atoms with E-state index in [4.69, 9.17) is 0 Å². The number of aromatic nitrogens is 2. The molecule has 6 heteroatoms. The van der Waals surface area contributed by atoms with Crippen LogP contribution in [0, 0.1) is 10.5 Å². The van der Waals surface area contributed by atoms with Crippen LogP contribution in [0.3, 0.4) is 0 Å². The number of nitrogens with one attached hydrogen (secondary N) is 1. The van der Waals surface area contributed by atoms with Crippen LogP contribution in [0.25, 0.3) is 10.7 Å². The van der Waals surface area contributed by atoms with Crippen molar-refractivity contribution < 1.29 is 0 Å². The van der Waals surface area contributed by atoms with Gasteiger partial charge in [0.05, 0.1) is 17.9 Å². The fourth-order valence-electron chi connectivity index (χ4n) is 1.46. The quantitative estimate of drug-likeness (QED) is 0.704. The van der Waals surface area contributed by atoms with Crippen LogP contribution in [0.15, 0.2) is 15.9 Å². The average Bonchev–Trinajstić information content (AvgIpc) is 2.77. The number of rotatable bonds is 4. The lowest BCUT2D eigenvalue weighted by atomic mass is 10.3. The van der Waals surface area contributed by atoms with Gasteiger partial charge < -0.3 is 5.32 Å². The summed E-state index contributed by atoms with van der Waals surface area (Å²) in [4.78, 5) is 10.3. The zero-order valence-corrected chi connectivity index (χ0v) is 14.7. The van der Waals surface area contributed by atoms with Crippen molar-refractivity contribution in [3.8, 4) is 10.7 Å². The van der Waals surface area contributed by atoms with Crippen molar-refractivity contribution >= 4 is 55.7 Å². The predicted molar refractivity (Wildman–Crippen MR) is 89.3 cm³/mol. The first-order valence-corrected chi connectivity index (χ1v) is 8.34. The topological polar surface area (TPSA) is 37.8 Å². The Balaban J connectivity index is 2.40. The first-order valence-electron chi connectivity index (χ1n) is 5.65. The third-order valence-corrected chi connectivity index (χ3v) is 5.26. The largest absolute Gasteiger partial charge is 0.369 e. The van der Waals surface area contributed by atoms with Crippen molar-refractivity contribution in [1.82, 2.24) is 9.97 Å². The van der Waals surface area contributed by atoms with Crippen LogP contribution in [0.4, 0.5) is 5.82 Å². The first kappa shape index (κ1) is 14.2. The summed E-state index contributed by atoms with van der Waals surface area (Å²) in [5.41, 5.74) is 1.02. The molecule has 0 fully saturated rings. The number of thiophene rings is 1. The SMILES string of the molecule is CCCNc1nc(-c2ccc(Br)s2)nc(C)c1I. The van der Waals surface area contributed by atoms with Crippen LogP contribution in [-0.4, -0.2) is 16.5 Å². The molecule has 0 spiro atoms. The molecule has 0 atom stereocenters. The smallest absolute Gasteiger partial charge is 0.171 e. The van der Waals surface area contributed by atoms with Gasteiger partial charge in [0, 0.05) is 6.54 Å². The van der Waals surface area contributed by atoms with Crippen molar-refractivity contribution in [3.63, 3.8) is 0 Å². The molecule has 2 aromatic heterocycles. The monoisotopic (exact) mass is 437 g/mol. The molecule has 2 heterocycles. The molecule has 0 saturated carbocycles. The summed E-state index contributed by atoms with van der Waals surface area (Å²) in [5.74, 6) is 1.73. The number of aryl methyl sites for hydroxylation is 1. The average molecular weight is 438 g/mol. The Morgan fingerprint density at radius 1 is 1.39 bits per heavy atom. The van der Waals surface area contributed by atoms with Gasteiger partial charge in [-0.05, 0) is 64.0 Å². The van der Waals surface area contributed by atoms with E-state index in [0.29, 0.717) is 0 Å². The Morgan fingerprint density at radius 2 is 2.17 bits per heavy atom. The number of hydrogen-bond acceptors (Lipinski definition) is 4. The third kappa shape index (κ3) is 3.21. The van der Waals surface area contributed by atoms with E-state index >= 15 is 0 Å². The first-order chi connectivity index (χ1) is 8.61. The lowest BCUT2D eigenvalue weighted by molar-refractivity contribution is 0.959. The van der Waals surface area contributed by atoms with E-state index in [1.54, 1.807) is 11.3 Å². The highest BCUT2D eigenvalue weighted by Gasteiger charge is 2.11. The Morgan fingerprint density at radius 3 is 2.78 bits per heavy atom. The maximum atomic E-state index is 4.61. The van der Waals surface area contributed by atoms with E-state index in [1.807, 2.05) is 19.1 Å². The van der Waals surface area contributed by atoms with Gasteiger partial charge in [-0.1, -0.05) is 6.92 Å². The molecule has 3 nitrogen and oxygen atoms in total. The van der Waals surface area contributed by atoms with Gasteiger partial charge in [0.2, 0.25) is 0 Å². The van der Waals surface area contributed by atoms with Gasteiger partial charge in [0.15, 0.2) is 5.82 Å². The van der Waals surface area contributed by atoms with Gasteiger partial charge in [-0.25, -0.2) is 9.97 Å². The normalized spacial score (nSPS) is 10.7. The molecule has 0 aliphatic carbocycles. The van der Waals surface area contributed by atoms with E-state index in [2.05, 4.69) is 60.7 Å². The summed E-state index contributed by atoms with van der Waals surface area (Å²) in [5, 5.41) is 3.35. The summed E-state index contributed by atoms with van der Waals surface area (Å²) in [7, 11) is 0. The minimum absolute atomic E-state index is 0.794. The van der Waals surface area contributed by atoms with E-state index < -0.39 is 0 Å². The van der Waals surface area contributed by atoms with Crippen molar-refractivity contribution in [3.05, 3.63) is 25.2 Å². The van der Waals surface area contributed by atoms with E-state index in [0.717, 1.165) is 42.5 Å². The van der Waals surface area contributed by atoms with Gasteiger partial charge in [0.1, 0.15) is 5.82 Å². The Kier molecular flexibility index (Phi) is 4.97. The lowest BCUT2D eigenvalue weighted by Gasteiger charge is -2.09. The fraction of sp³-hybridized carbons (Fsp3) is 0.333. The summed E-state index contributed by atoms with van der Waals surface area (Å²) < 4.78 is 2.20. The zero-order chi connectivity index (χ0) is 13.1. The van der Waals surface area contributed by atoms with E-state index in [1.165, 1.54) is 0 Å². The molecule has 0 aliphatic rings. The maximum Gasteiger partial charge on any atom is 0.171 e. The minimum atomic E-state index is 0.794. The van der Waals surface area contributed by atoms with Gasteiger partial charge in [-0.2, -0.15) is 0 Å². The molecule has 0 amide bonds. The van der Waals surface area contributed by atoms with Crippen LogP contribution >= 0.6 is 49.9 Å². The molecule has 0 bridgehead atoms. The molecule has 0 radical (unpaired) electrons. The predicted octanol–water partition coefficient (Wildman–Crippen LogP) is 4.70. The highest BCUT2D eigenvalue weighted by molar-refractivity contribution is 14.1. The highest BCUT2D eigenvalue weighted by Crippen LogP contribution is 2.31.